The van der Waals surface area contributed by atoms with Crippen LogP contribution in [0.4, 0.5) is 5.69 Å². The molecule has 0 spiro atoms. The van der Waals surface area contributed by atoms with Crippen molar-refractivity contribution in [2.75, 3.05) is 4.90 Å². The van der Waals surface area contributed by atoms with Crippen molar-refractivity contribution in [1.29, 1.82) is 0 Å². The number of anilines is 1. The summed E-state index contributed by atoms with van der Waals surface area (Å²) in [6, 6.07) is 12.1. The number of aryl methyl sites for hydroxylation is 1. The Balaban J connectivity index is 1.87. The molecule has 1 heterocycles. The number of carbonyl (C=O) groups is 1. The van der Waals surface area contributed by atoms with E-state index >= 15 is 0 Å². The Morgan fingerprint density at radius 2 is 1.91 bits per heavy atom. The Hall–Kier alpha value is -2.16. The molecule has 0 unspecified atom stereocenters. The van der Waals surface area contributed by atoms with E-state index in [1.54, 1.807) is 6.20 Å². The zero-order chi connectivity index (χ0) is 15.4. The highest BCUT2D eigenvalue weighted by Crippen LogP contribution is 2.29. The first-order valence-corrected chi connectivity index (χ1v) is 8.01. The fraction of sp³-hybridized carbons (Fsp3) is 0.368. The molecule has 0 bridgehead atoms. The number of aromatic nitrogens is 1. The summed E-state index contributed by atoms with van der Waals surface area (Å²) >= 11 is 0. The van der Waals surface area contributed by atoms with E-state index < -0.39 is 0 Å². The van der Waals surface area contributed by atoms with Gasteiger partial charge in [-0.2, -0.15) is 0 Å². The summed E-state index contributed by atoms with van der Waals surface area (Å²) in [5.41, 5.74) is 3.25. The first-order chi connectivity index (χ1) is 10.7. The Kier molecular flexibility index (Phi) is 4.52. The van der Waals surface area contributed by atoms with Crippen molar-refractivity contribution in [2.24, 2.45) is 5.92 Å². The number of nitrogens with zero attached hydrogens (tertiary/aromatic N) is 2. The molecule has 0 atom stereocenters. The number of carbonyl (C=O) groups excluding carboxylic acids is 1. The van der Waals surface area contributed by atoms with Crippen LogP contribution < -0.4 is 4.90 Å². The zero-order valence-electron chi connectivity index (χ0n) is 13.0. The zero-order valence-corrected chi connectivity index (χ0v) is 13.0. The lowest BCUT2D eigenvalue weighted by Crippen LogP contribution is -2.35. The van der Waals surface area contributed by atoms with Gasteiger partial charge in [0.05, 0.1) is 6.54 Å². The molecule has 3 heteroatoms. The summed E-state index contributed by atoms with van der Waals surface area (Å²) in [7, 11) is 0. The van der Waals surface area contributed by atoms with Gasteiger partial charge in [0, 0.05) is 24.0 Å². The second-order valence-corrected chi connectivity index (χ2v) is 6.10. The van der Waals surface area contributed by atoms with E-state index in [0.717, 1.165) is 24.1 Å². The molecule has 114 valence electrons. The minimum absolute atomic E-state index is 0.179. The highest BCUT2D eigenvalue weighted by Gasteiger charge is 2.28. The molecule has 1 amide bonds. The topological polar surface area (TPSA) is 33.2 Å². The van der Waals surface area contributed by atoms with Crippen molar-refractivity contribution in [2.45, 2.75) is 39.2 Å². The average molecular weight is 294 g/mol. The van der Waals surface area contributed by atoms with Gasteiger partial charge in [-0.3, -0.25) is 9.78 Å². The van der Waals surface area contributed by atoms with E-state index in [0.29, 0.717) is 6.54 Å². The highest BCUT2D eigenvalue weighted by atomic mass is 16.2. The lowest BCUT2D eigenvalue weighted by molar-refractivity contribution is -0.122. The van der Waals surface area contributed by atoms with Crippen LogP contribution in [-0.4, -0.2) is 10.9 Å². The third-order valence-corrected chi connectivity index (χ3v) is 4.38. The summed E-state index contributed by atoms with van der Waals surface area (Å²) < 4.78 is 0. The molecule has 1 aliphatic carbocycles. The van der Waals surface area contributed by atoms with Crippen LogP contribution in [0.3, 0.4) is 0 Å². The Morgan fingerprint density at radius 1 is 1.18 bits per heavy atom. The van der Waals surface area contributed by atoms with Gasteiger partial charge >= 0.3 is 0 Å². The quantitative estimate of drug-likeness (QED) is 0.850. The van der Waals surface area contributed by atoms with Crippen LogP contribution in [-0.2, 0) is 11.3 Å². The molecule has 1 aliphatic rings. The van der Waals surface area contributed by atoms with E-state index in [4.69, 9.17) is 0 Å². The van der Waals surface area contributed by atoms with Crippen LogP contribution in [0.15, 0.2) is 48.8 Å². The number of rotatable bonds is 4. The minimum atomic E-state index is 0.179. The van der Waals surface area contributed by atoms with Crippen LogP contribution in [0.1, 0.15) is 36.8 Å². The van der Waals surface area contributed by atoms with Gasteiger partial charge in [-0.25, -0.2) is 0 Å². The van der Waals surface area contributed by atoms with Gasteiger partial charge in [-0.05, 0) is 43.5 Å². The smallest absolute Gasteiger partial charge is 0.230 e. The van der Waals surface area contributed by atoms with E-state index in [9.17, 15) is 4.79 Å². The maximum absolute atomic E-state index is 12.9. The van der Waals surface area contributed by atoms with Crippen LogP contribution in [0.25, 0.3) is 0 Å². The number of pyridine rings is 1. The lowest BCUT2D eigenvalue weighted by atomic mass is 10.1. The number of benzene rings is 1. The molecule has 1 saturated carbocycles. The van der Waals surface area contributed by atoms with Gasteiger partial charge in [-0.1, -0.05) is 36.6 Å². The van der Waals surface area contributed by atoms with Gasteiger partial charge < -0.3 is 4.90 Å². The molecule has 1 aromatic carbocycles. The molecule has 3 rings (SSSR count). The van der Waals surface area contributed by atoms with Gasteiger partial charge in [0.2, 0.25) is 5.91 Å². The molecule has 0 aliphatic heterocycles. The maximum atomic E-state index is 12.9. The molecule has 3 nitrogen and oxygen atoms in total. The van der Waals surface area contributed by atoms with Crippen LogP contribution >= 0.6 is 0 Å². The first-order valence-electron chi connectivity index (χ1n) is 8.01. The monoisotopic (exact) mass is 294 g/mol. The predicted octanol–water partition coefficient (Wildman–Crippen LogP) is 4.11. The normalized spacial score (nSPS) is 15.0. The molecule has 2 aromatic rings. The lowest BCUT2D eigenvalue weighted by Gasteiger charge is -2.26. The Morgan fingerprint density at radius 3 is 2.55 bits per heavy atom. The second-order valence-electron chi connectivity index (χ2n) is 6.10. The van der Waals surface area contributed by atoms with E-state index in [-0.39, 0.29) is 11.8 Å². The van der Waals surface area contributed by atoms with Crippen LogP contribution in [0.2, 0.25) is 0 Å². The average Bonchev–Trinajstić information content (AvgIpc) is 3.08. The van der Waals surface area contributed by atoms with E-state index in [2.05, 4.69) is 24.0 Å². The minimum Gasteiger partial charge on any atom is -0.308 e. The molecule has 0 N–H and O–H groups in total. The van der Waals surface area contributed by atoms with E-state index in [1.807, 2.05) is 35.4 Å². The van der Waals surface area contributed by atoms with Crippen molar-refractivity contribution in [3.05, 3.63) is 59.9 Å². The summed E-state index contributed by atoms with van der Waals surface area (Å²) in [6.45, 7) is 2.65. The first kappa shape index (κ1) is 14.8. The third-order valence-electron chi connectivity index (χ3n) is 4.38. The largest absolute Gasteiger partial charge is 0.308 e. The second kappa shape index (κ2) is 6.73. The van der Waals surface area contributed by atoms with Crippen molar-refractivity contribution in [3.8, 4) is 0 Å². The molecular weight excluding hydrogens is 272 g/mol. The maximum Gasteiger partial charge on any atom is 0.230 e. The van der Waals surface area contributed by atoms with Crippen LogP contribution in [0, 0.1) is 12.8 Å². The SMILES string of the molecule is Cc1ccc(N(Cc2cccnc2)C(=O)C2CCCC2)cc1. The number of hydrogen-bond donors (Lipinski definition) is 0. The Labute approximate surface area is 132 Å². The summed E-state index contributed by atoms with van der Waals surface area (Å²) in [4.78, 5) is 19.0. The molecule has 1 fully saturated rings. The summed E-state index contributed by atoms with van der Waals surface area (Å²) in [6.07, 6.45) is 7.99. The Bertz CT molecular complexity index is 616. The van der Waals surface area contributed by atoms with Crippen LogP contribution in [0.5, 0.6) is 0 Å². The van der Waals surface area contributed by atoms with Gasteiger partial charge in [0.15, 0.2) is 0 Å². The summed E-state index contributed by atoms with van der Waals surface area (Å²) in [5.74, 6) is 0.434. The van der Waals surface area contributed by atoms with Gasteiger partial charge in [0.1, 0.15) is 0 Å². The van der Waals surface area contributed by atoms with Gasteiger partial charge in [0.25, 0.3) is 0 Å². The summed E-state index contributed by atoms with van der Waals surface area (Å²) in [5, 5.41) is 0. The predicted molar refractivity (Wildman–Crippen MR) is 88.6 cm³/mol. The van der Waals surface area contributed by atoms with Crippen molar-refractivity contribution in [1.82, 2.24) is 4.98 Å². The fourth-order valence-corrected chi connectivity index (χ4v) is 3.09. The van der Waals surface area contributed by atoms with E-state index in [1.165, 1.54) is 18.4 Å². The number of hydrogen-bond acceptors (Lipinski definition) is 2. The highest BCUT2D eigenvalue weighted by molar-refractivity contribution is 5.95. The molecular formula is C19H22N2O. The van der Waals surface area contributed by atoms with Gasteiger partial charge in [-0.15, -0.1) is 0 Å². The van der Waals surface area contributed by atoms with Crippen molar-refractivity contribution in [3.63, 3.8) is 0 Å². The molecule has 1 aromatic heterocycles. The van der Waals surface area contributed by atoms with Crippen molar-refractivity contribution < 1.29 is 4.79 Å². The molecule has 0 radical (unpaired) electrons. The molecule has 22 heavy (non-hydrogen) atoms. The number of amides is 1. The van der Waals surface area contributed by atoms with Crippen molar-refractivity contribution >= 4 is 11.6 Å². The fourth-order valence-electron chi connectivity index (χ4n) is 3.09. The standard InChI is InChI=1S/C19H22N2O/c1-15-8-10-18(11-9-15)21(14-16-5-4-12-20-13-16)19(22)17-6-2-3-7-17/h4-5,8-13,17H,2-3,6-7,14H2,1H3. The molecule has 0 saturated heterocycles. The third kappa shape index (κ3) is 3.35.